The van der Waals surface area contributed by atoms with Crippen LogP contribution in [0.3, 0.4) is 0 Å². The van der Waals surface area contributed by atoms with Gasteiger partial charge < -0.3 is 14.2 Å². The molecule has 0 aliphatic carbocycles. The molecule has 1 aromatic carbocycles. The van der Waals surface area contributed by atoms with Gasteiger partial charge in [-0.3, -0.25) is 4.79 Å². The SMILES string of the molecule is CC[C@@H](C(=O)OC)[C@H]1C=C[C@H](C)[C@H]([C@@H](C)COCc2ccccc2)O1. The molecule has 4 heteroatoms. The van der Waals surface area contributed by atoms with E-state index in [0.717, 1.165) is 0 Å². The molecule has 0 amide bonds. The van der Waals surface area contributed by atoms with Gasteiger partial charge in [0.2, 0.25) is 0 Å². The van der Waals surface area contributed by atoms with Crippen LogP contribution in [0.25, 0.3) is 0 Å². The molecule has 0 radical (unpaired) electrons. The number of benzene rings is 1. The molecule has 0 unspecified atom stereocenters. The normalized spacial score (nSPS) is 25.4. The zero-order valence-corrected chi connectivity index (χ0v) is 15.7. The molecular weight excluding hydrogens is 316 g/mol. The Bertz CT molecular complexity index is 554. The number of hydrogen-bond donors (Lipinski definition) is 0. The number of carbonyl (C=O) groups excluding carboxylic acids is 1. The lowest BCUT2D eigenvalue weighted by Crippen LogP contribution is -2.41. The maximum absolute atomic E-state index is 12.0. The van der Waals surface area contributed by atoms with Gasteiger partial charge in [-0.25, -0.2) is 0 Å². The molecule has 0 spiro atoms. The molecule has 138 valence electrons. The minimum atomic E-state index is -0.256. The van der Waals surface area contributed by atoms with Gasteiger partial charge in [0.25, 0.3) is 0 Å². The van der Waals surface area contributed by atoms with Crippen molar-refractivity contribution in [3.8, 4) is 0 Å². The van der Waals surface area contributed by atoms with Crippen LogP contribution in [0.5, 0.6) is 0 Å². The second kappa shape index (κ2) is 9.73. The van der Waals surface area contributed by atoms with Crippen molar-refractivity contribution in [3.63, 3.8) is 0 Å². The van der Waals surface area contributed by atoms with Gasteiger partial charge in [-0.05, 0) is 12.0 Å². The van der Waals surface area contributed by atoms with E-state index in [2.05, 4.69) is 32.1 Å². The van der Waals surface area contributed by atoms with Gasteiger partial charge in [-0.15, -0.1) is 0 Å². The highest BCUT2D eigenvalue weighted by Gasteiger charge is 2.35. The van der Waals surface area contributed by atoms with Crippen molar-refractivity contribution in [2.24, 2.45) is 17.8 Å². The summed E-state index contributed by atoms with van der Waals surface area (Å²) in [6.45, 7) is 7.49. The first-order valence-electron chi connectivity index (χ1n) is 9.10. The Balaban J connectivity index is 1.91. The predicted octanol–water partition coefficient (Wildman–Crippen LogP) is 4.00. The molecule has 0 aromatic heterocycles. The molecule has 2 rings (SSSR count). The third kappa shape index (κ3) is 5.41. The fraction of sp³-hybridized carbons (Fsp3) is 0.571. The number of methoxy groups -OCH3 is 1. The summed E-state index contributed by atoms with van der Waals surface area (Å²) in [5.41, 5.74) is 1.17. The van der Waals surface area contributed by atoms with Crippen molar-refractivity contribution in [3.05, 3.63) is 48.0 Å². The van der Waals surface area contributed by atoms with Crippen molar-refractivity contribution >= 4 is 5.97 Å². The summed E-state index contributed by atoms with van der Waals surface area (Å²) >= 11 is 0. The van der Waals surface area contributed by atoms with E-state index in [0.29, 0.717) is 25.6 Å². The van der Waals surface area contributed by atoms with E-state index in [9.17, 15) is 4.79 Å². The summed E-state index contributed by atoms with van der Waals surface area (Å²) in [7, 11) is 1.43. The van der Waals surface area contributed by atoms with E-state index in [1.165, 1.54) is 12.7 Å². The minimum absolute atomic E-state index is 0.0319. The van der Waals surface area contributed by atoms with Crippen molar-refractivity contribution in [2.75, 3.05) is 13.7 Å². The van der Waals surface area contributed by atoms with Gasteiger partial charge in [0.05, 0.1) is 38.4 Å². The minimum Gasteiger partial charge on any atom is -0.469 e. The van der Waals surface area contributed by atoms with Gasteiger partial charge in [-0.2, -0.15) is 0 Å². The Morgan fingerprint density at radius 1 is 1.24 bits per heavy atom. The Kier molecular flexibility index (Phi) is 7.66. The second-order valence-electron chi connectivity index (χ2n) is 6.83. The van der Waals surface area contributed by atoms with Crippen molar-refractivity contribution in [1.82, 2.24) is 0 Å². The van der Waals surface area contributed by atoms with Gasteiger partial charge in [0.15, 0.2) is 0 Å². The highest BCUT2D eigenvalue weighted by atomic mass is 16.5. The third-order valence-electron chi connectivity index (χ3n) is 4.83. The first-order chi connectivity index (χ1) is 12.1. The molecule has 0 bridgehead atoms. The molecule has 1 aliphatic heterocycles. The van der Waals surface area contributed by atoms with Crippen LogP contribution < -0.4 is 0 Å². The van der Waals surface area contributed by atoms with Crippen molar-refractivity contribution in [1.29, 1.82) is 0 Å². The Morgan fingerprint density at radius 3 is 2.60 bits per heavy atom. The molecule has 0 saturated carbocycles. The lowest BCUT2D eigenvalue weighted by Gasteiger charge is -2.36. The molecule has 5 atom stereocenters. The van der Waals surface area contributed by atoms with E-state index in [4.69, 9.17) is 14.2 Å². The van der Waals surface area contributed by atoms with E-state index in [-0.39, 0.29) is 30.0 Å². The summed E-state index contributed by atoms with van der Waals surface area (Å²) in [5, 5.41) is 0. The average Bonchev–Trinajstić information content (AvgIpc) is 2.64. The maximum atomic E-state index is 12.0. The molecule has 0 saturated heterocycles. The molecule has 0 fully saturated rings. The Morgan fingerprint density at radius 2 is 1.96 bits per heavy atom. The van der Waals surface area contributed by atoms with E-state index >= 15 is 0 Å². The largest absolute Gasteiger partial charge is 0.469 e. The zero-order chi connectivity index (χ0) is 18.2. The van der Waals surface area contributed by atoms with Crippen LogP contribution in [-0.4, -0.2) is 31.9 Å². The Labute approximate surface area is 151 Å². The number of rotatable bonds is 8. The highest BCUT2D eigenvalue weighted by molar-refractivity contribution is 5.73. The van der Waals surface area contributed by atoms with E-state index in [1.807, 2.05) is 31.2 Å². The quantitative estimate of drug-likeness (QED) is 0.527. The topological polar surface area (TPSA) is 44.8 Å². The lowest BCUT2D eigenvalue weighted by atomic mass is 9.88. The molecule has 25 heavy (non-hydrogen) atoms. The van der Waals surface area contributed by atoms with Crippen LogP contribution in [0.4, 0.5) is 0 Å². The molecule has 1 aromatic rings. The highest BCUT2D eigenvalue weighted by Crippen LogP contribution is 2.29. The standard InChI is InChI=1S/C21H30O4/c1-5-18(21(22)23-4)19-12-11-15(2)20(25-19)16(3)13-24-14-17-9-7-6-8-10-17/h6-12,15-16,18-20H,5,13-14H2,1-4H3/t15-,16-,18+,19+,20+/m0/s1. The van der Waals surface area contributed by atoms with Crippen LogP contribution in [-0.2, 0) is 25.6 Å². The number of esters is 1. The molecule has 1 heterocycles. The van der Waals surface area contributed by atoms with Gasteiger partial charge in [-0.1, -0.05) is 63.3 Å². The predicted molar refractivity (Wildman–Crippen MR) is 98.0 cm³/mol. The first kappa shape index (κ1) is 19.7. The van der Waals surface area contributed by atoms with Crippen LogP contribution in [0.2, 0.25) is 0 Å². The molecule has 4 nitrogen and oxygen atoms in total. The summed E-state index contributed by atoms with van der Waals surface area (Å²) in [5.74, 6) is 0.0650. The van der Waals surface area contributed by atoms with Crippen LogP contribution in [0.1, 0.15) is 32.8 Å². The van der Waals surface area contributed by atoms with E-state index in [1.54, 1.807) is 0 Å². The maximum Gasteiger partial charge on any atom is 0.311 e. The number of hydrogen-bond acceptors (Lipinski definition) is 4. The van der Waals surface area contributed by atoms with Crippen LogP contribution in [0, 0.1) is 17.8 Å². The monoisotopic (exact) mass is 346 g/mol. The zero-order valence-electron chi connectivity index (χ0n) is 15.7. The van der Waals surface area contributed by atoms with Crippen LogP contribution >= 0.6 is 0 Å². The molecule has 0 N–H and O–H groups in total. The van der Waals surface area contributed by atoms with Gasteiger partial charge in [0, 0.05) is 11.8 Å². The summed E-state index contributed by atoms with van der Waals surface area (Å²) in [6, 6.07) is 10.2. The molecule has 1 aliphatic rings. The summed E-state index contributed by atoms with van der Waals surface area (Å²) < 4.78 is 17.1. The summed E-state index contributed by atoms with van der Waals surface area (Å²) in [6.07, 6.45) is 4.66. The van der Waals surface area contributed by atoms with Crippen LogP contribution in [0.15, 0.2) is 42.5 Å². The van der Waals surface area contributed by atoms with Gasteiger partial charge in [0.1, 0.15) is 0 Å². The van der Waals surface area contributed by atoms with E-state index < -0.39 is 0 Å². The third-order valence-corrected chi connectivity index (χ3v) is 4.83. The second-order valence-corrected chi connectivity index (χ2v) is 6.83. The number of carbonyl (C=O) groups is 1. The van der Waals surface area contributed by atoms with Gasteiger partial charge >= 0.3 is 5.97 Å². The lowest BCUT2D eigenvalue weighted by molar-refractivity contribution is -0.155. The average molecular weight is 346 g/mol. The fourth-order valence-corrected chi connectivity index (χ4v) is 3.34. The Hall–Kier alpha value is -1.65. The first-order valence-corrected chi connectivity index (χ1v) is 9.10. The fourth-order valence-electron chi connectivity index (χ4n) is 3.34. The smallest absolute Gasteiger partial charge is 0.311 e. The van der Waals surface area contributed by atoms with Crippen molar-refractivity contribution < 1.29 is 19.0 Å². The summed E-state index contributed by atoms with van der Waals surface area (Å²) in [4.78, 5) is 12.0. The number of ether oxygens (including phenoxy) is 3. The molecular formula is C21H30O4. The van der Waals surface area contributed by atoms with Crippen molar-refractivity contribution in [2.45, 2.75) is 46.0 Å².